The van der Waals surface area contributed by atoms with Gasteiger partial charge in [-0.1, -0.05) is 0 Å². The fourth-order valence-corrected chi connectivity index (χ4v) is 1.44. The Morgan fingerprint density at radius 1 is 1.30 bits per heavy atom. The van der Waals surface area contributed by atoms with Gasteiger partial charge in [-0.2, -0.15) is 13.2 Å². The lowest BCUT2D eigenvalue weighted by Crippen LogP contribution is -2.15. The molecule has 0 spiro atoms. The molecule has 20 heavy (non-hydrogen) atoms. The van der Waals surface area contributed by atoms with Crippen LogP contribution in [0, 0.1) is 0 Å². The Balaban J connectivity index is 2.89. The summed E-state index contributed by atoms with van der Waals surface area (Å²) in [6, 6.07) is 2.71. The highest BCUT2D eigenvalue weighted by molar-refractivity contribution is 5.93. The average molecular weight is 291 g/mol. The SMILES string of the molecule is NC(=O)c1ccc(OCCCC(=O)O)c(C(F)(F)F)c1. The van der Waals surface area contributed by atoms with E-state index in [4.69, 9.17) is 15.6 Å². The third-order valence-corrected chi connectivity index (χ3v) is 2.36. The van der Waals surface area contributed by atoms with Crippen molar-refractivity contribution in [3.63, 3.8) is 0 Å². The van der Waals surface area contributed by atoms with Gasteiger partial charge in [0.1, 0.15) is 5.75 Å². The van der Waals surface area contributed by atoms with Crippen molar-refractivity contribution in [2.45, 2.75) is 19.0 Å². The van der Waals surface area contributed by atoms with Crippen LogP contribution in [0.3, 0.4) is 0 Å². The molecule has 1 amide bonds. The first kappa shape index (κ1) is 15.8. The van der Waals surface area contributed by atoms with Crippen molar-refractivity contribution >= 4 is 11.9 Å². The Morgan fingerprint density at radius 3 is 2.45 bits per heavy atom. The number of carbonyl (C=O) groups excluding carboxylic acids is 1. The number of nitrogens with two attached hydrogens (primary N) is 1. The van der Waals surface area contributed by atoms with Gasteiger partial charge in [0.15, 0.2) is 0 Å². The topological polar surface area (TPSA) is 89.6 Å². The lowest BCUT2D eigenvalue weighted by molar-refractivity contribution is -0.140. The minimum absolute atomic E-state index is 0.0736. The molecule has 0 unspecified atom stereocenters. The van der Waals surface area contributed by atoms with Crippen LogP contribution in [0.2, 0.25) is 0 Å². The molecule has 5 nitrogen and oxygen atoms in total. The van der Waals surface area contributed by atoms with Gasteiger partial charge in [0.05, 0.1) is 12.2 Å². The summed E-state index contributed by atoms with van der Waals surface area (Å²) in [6.07, 6.45) is -4.83. The lowest BCUT2D eigenvalue weighted by Gasteiger charge is -2.14. The van der Waals surface area contributed by atoms with Crippen molar-refractivity contribution in [1.82, 2.24) is 0 Å². The zero-order valence-electron chi connectivity index (χ0n) is 10.2. The number of hydrogen-bond acceptors (Lipinski definition) is 3. The second kappa shape index (κ2) is 6.27. The largest absolute Gasteiger partial charge is 0.493 e. The second-order valence-electron chi connectivity index (χ2n) is 3.92. The van der Waals surface area contributed by atoms with Gasteiger partial charge in [-0.25, -0.2) is 0 Å². The van der Waals surface area contributed by atoms with E-state index < -0.39 is 29.4 Å². The first-order valence-electron chi connectivity index (χ1n) is 5.57. The molecular formula is C12H12F3NO4. The number of hydrogen-bond donors (Lipinski definition) is 2. The molecule has 3 N–H and O–H groups in total. The molecule has 0 aliphatic rings. The summed E-state index contributed by atoms with van der Waals surface area (Å²) in [4.78, 5) is 21.1. The average Bonchev–Trinajstić information content (AvgIpc) is 2.33. The zero-order chi connectivity index (χ0) is 15.3. The Morgan fingerprint density at radius 2 is 1.95 bits per heavy atom. The normalized spacial score (nSPS) is 11.2. The van der Waals surface area contributed by atoms with Gasteiger partial charge in [0, 0.05) is 12.0 Å². The highest BCUT2D eigenvalue weighted by Crippen LogP contribution is 2.36. The molecular weight excluding hydrogens is 279 g/mol. The molecule has 0 heterocycles. The molecule has 1 aromatic carbocycles. The van der Waals surface area contributed by atoms with Crippen molar-refractivity contribution in [1.29, 1.82) is 0 Å². The van der Waals surface area contributed by atoms with Crippen LogP contribution in [0.1, 0.15) is 28.8 Å². The molecule has 0 aromatic heterocycles. The van der Waals surface area contributed by atoms with E-state index in [0.717, 1.165) is 12.1 Å². The fraction of sp³-hybridized carbons (Fsp3) is 0.333. The molecule has 0 radical (unpaired) electrons. The van der Waals surface area contributed by atoms with Crippen LogP contribution in [-0.2, 0) is 11.0 Å². The van der Waals surface area contributed by atoms with Crippen molar-refractivity contribution in [2.75, 3.05) is 6.61 Å². The van der Waals surface area contributed by atoms with E-state index in [-0.39, 0.29) is 25.0 Å². The van der Waals surface area contributed by atoms with E-state index >= 15 is 0 Å². The number of primary amides is 1. The monoisotopic (exact) mass is 291 g/mol. The van der Waals surface area contributed by atoms with Crippen molar-refractivity contribution < 1.29 is 32.6 Å². The standard InChI is InChI=1S/C12H12F3NO4/c13-12(14,15)8-6-7(11(16)19)3-4-9(8)20-5-1-2-10(17)18/h3-4,6H,1-2,5H2,(H2,16,19)(H,17,18). The lowest BCUT2D eigenvalue weighted by atomic mass is 10.1. The summed E-state index contributed by atoms with van der Waals surface area (Å²) >= 11 is 0. The Labute approximate surface area is 112 Å². The maximum Gasteiger partial charge on any atom is 0.419 e. The molecule has 0 aliphatic carbocycles. The van der Waals surface area contributed by atoms with Crippen LogP contribution in [0.5, 0.6) is 5.75 Å². The first-order chi connectivity index (χ1) is 9.21. The van der Waals surface area contributed by atoms with E-state index in [1.807, 2.05) is 0 Å². The number of rotatable bonds is 6. The van der Waals surface area contributed by atoms with Gasteiger partial charge >= 0.3 is 12.1 Å². The van der Waals surface area contributed by atoms with E-state index in [1.54, 1.807) is 0 Å². The molecule has 0 saturated heterocycles. The van der Waals surface area contributed by atoms with E-state index in [1.165, 1.54) is 0 Å². The molecule has 0 bridgehead atoms. The van der Waals surface area contributed by atoms with Gasteiger partial charge in [0.2, 0.25) is 5.91 Å². The van der Waals surface area contributed by atoms with Crippen molar-refractivity contribution in [2.24, 2.45) is 5.73 Å². The number of ether oxygens (including phenoxy) is 1. The zero-order valence-corrected chi connectivity index (χ0v) is 10.2. The summed E-state index contributed by atoms with van der Waals surface area (Å²) in [6.45, 7) is -0.175. The molecule has 8 heteroatoms. The highest BCUT2D eigenvalue weighted by Gasteiger charge is 2.35. The molecule has 0 saturated carbocycles. The quantitative estimate of drug-likeness (QED) is 0.785. The number of benzene rings is 1. The first-order valence-corrected chi connectivity index (χ1v) is 5.57. The van der Waals surface area contributed by atoms with Gasteiger partial charge < -0.3 is 15.6 Å². The van der Waals surface area contributed by atoms with Gasteiger partial charge in [-0.3, -0.25) is 9.59 Å². The van der Waals surface area contributed by atoms with Crippen LogP contribution in [-0.4, -0.2) is 23.6 Å². The Hall–Kier alpha value is -2.25. The predicted octanol–water partition coefficient (Wildman–Crippen LogP) is 2.05. The summed E-state index contributed by atoms with van der Waals surface area (Å²) < 4.78 is 43.3. The van der Waals surface area contributed by atoms with Crippen molar-refractivity contribution in [3.8, 4) is 5.75 Å². The molecule has 1 aromatic rings. The number of carbonyl (C=O) groups is 2. The Bertz CT molecular complexity index is 514. The van der Waals surface area contributed by atoms with E-state index in [9.17, 15) is 22.8 Å². The van der Waals surface area contributed by atoms with Crippen LogP contribution in [0.25, 0.3) is 0 Å². The molecule has 0 fully saturated rings. The van der Waals surface area contributed by atoms with Gasteiger partial charge in [0.25, 0.3) is 0 Å². The fourth-order valence-electron chi connectivity index (χ4n) is 1.44. The van der Waals surface area contributed by atoms with Crippen molar-refractivity contribution in [3.05, 3.63) is 29.3 Å². The Kier molecular flexibility index (Phi) is 4.95. The number of halogens is 3. The number of aliphatic carboxylic acids is 1. The number of carboxylic acids is 1. The number of amides is 1. The summed E-state index contributed by atoms with van der Waals surface area (Å²) in [7, 11) is 0. The molecule has 0 aliphatic heterocycles. The third-order valence-electron chi connectivity index (χ3n) is 2.36. The predicted molar refractivity (Wildman–Crippen MR) is 62.3 cm³/mol. The third kappa shape index (κ3) is 4.45. The van der Waals surface area contributed by atoms with Gasteiger partial charge in [-0.05, 0) is 24.6 Å². The van der Waals surface area contributed by atoms with Crippen LogP contribution in [0.15, 0.2) is 18.2 Å². The maximum absolute atomic E-state index is 12.8. The maximum atomic E-state index is 12.8. The second-order valence-corrected chi connectivity index (χ2v) is 3.92. The minimum atomic E-state index is -4.70. The smallest absolute Gasteiger partial charge is 0.419 e. The molecule has 1 rings (SSSR count). The molecule has 0 atom stereocenters. The van der Waals surface area contributed by atoms with Gasteiger partial charge in [-0.15, -0.1) is 0 Å². The summed E-state index contributed by atoms with van der Waals surface area (Å²) in [5, 5.41) is 8.41. The minimum Gasteiger partial charge on any atom is -0.493 e. The molecule has 110 valence electrons. The summed E-state index contributed by atoms with van der Waals surface area (Å²) in [5.41, 5.74) is 3.52. The van der Waals surface area contributed by atoms with Crippen LogP contribution < -0.4 is 10.5 Å². The van der Waals surface area contributed by atoms with Crippen LogP contribution >= 0.6 is 0 Å². The highest BCUT2D eigenvalue weighted by atomic mass is 19.4. The van der Waals surface area contributed by atoms with E-state index in [2.05, 4.69) is 0 Å². The van der Waals surface area contributed by atoms with Crippen LogP contribution in [0.4, 0.5) is 13.2 Å². The number of alkyl halides is 3. The number of carboxylic acid groups (broad SMARTS) is 1. The summed E-state index contributed by atoms with van der Waals surface area (Å²) in [5.74, 6) is -2.51. The van der Waals surface area contributed by atoms with E-state index in [0.29, 0.717) is 6.07 Å².